The van der Waals surface area contributed by atoms with Crippen LogP contribution in [0.5, 0.6) is 0 Å². The van der Waals surface area contributed by atoms with Crippen molar-refractivity contribution in [3.8, 4) is 0 Å². The number of anilines is 2. The van der Waals surface area contributed by atoms with E-state index in [-0.39, 0.29) is 23.6 Å². The molecule has 0 aliphatic heterocycles. The maximum Gasteiger partial charge on any atom is 0.341 e. The molecule has 2 atom stereocenters. The zero-order valence-electron chi connectivity index (χ0n) is 25.0. The minimum absolute atomic E-state index is 0.0926. The number of fused-ring (bicyclic) bond motifs is 1. The number of nitro groups is 1. The van der Waals surface area contributed by atoms with E-state index in [0.29, 0.717) is 34.2 Å². The van der Waals surface area contributed by atoms with Crippen LogP contribution < -0.4 is 10.6 Å². The summed E-state index contributed by atoms with van der Waals surface area (Å²) in [6.45, 7) is 10.7. The highest BCUT2D eigenvalue weighted by atomic mass is 32.2. The van der Waals surface area contributed by atoms with Crippen LogP contribution in [0.3, 0.4) is 0 Å². The minimum atomic E-state index is -0.518. The SMILES string of the molecule is CCOC(=O)c1c(NC(=O)C(CC)Sc2cccc(NC(=O)c3ccc([N+](=O)[O-])cc3)c2)sc2c1CCC(C(C)(C)C)C2. The number of amides is 2. The van der Waals surface area contributed by atoms with Gasteiger partial charge in [-0.15, -0.1) is 23.1 Å². The number of benzene rings is 2. The van der Waals surface area contributed by atoms with Gasteiger partial charge in [0.05, 0.1) is 22.3 Å². The molecule has 1 heterocycles. The number of carbonyl (C=O) groups excluding carboxylic acids is 3. The van der Waals surface area contributed by atoms with Gasteiger partial charge >= 0.3 is 5.97 Å². The van der Waals surface area contributed by atoms with Crippen LogP contribution in [0.4, 0.5) is 16.4 Å². The molecule has 1 aliphatic carbocycles. The van der Waals surface area contributed by atoms with Crippen LogP contribution in [0.25, 0.3) is 0 Å². The Bertz CT molecular complexity index is 1510. The van der Waals surface area contributed by atoms with Gasteiger partial charge in [0.2, 0.25) is 5.91 Å². The van der Waals surface area contributed by atoms with E-state index >= 15 is 0 Å². The first-order valence-corrected chi connectivity index (χ1v) is 16.1. The second-order valence-electron chi connectivity index (χ2n) is 11.5. The highest BCUT2D eigenvalue weighted by molar-refractivity contribution is 8.00. The highest BCUT2D eigenvalue weighted by Crippen LogP contribution is 2.45. The summed E-state index contributed by atoms with van der Waals surface area (Å²) in [5.74, 6) is -0.515. The minimum Gasteiger partial charge on any atom is -0.462 e. The van der Waals surface area contributed by atoms with Crippen LogP contribution >= 0.6 is 23.1 Å². The number of ether oxygens (including phenoxy) is 1. The Morgan fingerprint density at radius 2 is 1.84 bits per heavy atom. The molecular weight excluding hydrogens is 587 g/mol. The average molecular weight is 624 g/mol. The van der Waals surface area contributed by atoms with E-state index in [1.54, 1.807) is 25.1 Å². The molecule has 9 nitrogen and oxygen atoms in total. The molecule has 0 fully saturated rings. The molecule has 2 unspecified atom stereocenters. The monoisotopic (exact) mass is 623 g/mol. The van der Waals surface area contributed by atoms with Crippen LogP contribution in [0.2, 0.25) is 0 Å². The normalized spacial score (nSPS) is 15.2. The van der Waals surface area contributed by atoms with Crippen LogP contribution in [0, 0.1) is 21.4 Å². The Morgan fingerprint density at radius 3 is 2.47 bits per heavy atom. The number of non-ortho nitro benzene ring substituents is 1. The van der Waals surface area contributed by atoms with Crippen LogP contribution in [-0.4, -0.2) is 34.6 Å². The smallest absolute Gasteiger partial charge is 0.341 e. The van der Waals surface area contributed by atoms with Crippen LogP contribution in [0.15, 0.2) is 53.4 Å². The van der Waals surface area contributed by atoms with Gasteiger partial charge in [-0.05, 0) is 79.8 Å². The van der Waals surface area contributed by atoms with Crippen LogP contribution in [-0.2, 0) is 22.4 Å². The second-order valence-corrected chi connectivity index (χ2v) is 13.9. The average Bonchev–Trinajstić information content (AvgIpc) is 3.32. The Labute approximate surface area is 259 Å². The third-order valence-electron chi connectivity index (χ3n) is 7.58. The summed E-state index contributed by atoms with van der Waals surface area (Å²) in [5, 5.41) is 16.9. The third-order valence-corrected chi connectivity index (χ3v) is 10.1. The lowest BCUT2D eigenvalue weighted by Gasteiger charge is -2.33. The molecule has 2 N–H and O–H groups in total. The number of thioether (sulfide) groups is 1. The van der Waals surface area contributed by atoms with Crippen molar-refractivity contribution in [3.05, 3.63) is 80.2 Å². The number of hydrogen-bond acceptors (Lipinski definition) is 8. The number of rotatable bonds is 10. The molecule has 1 aliphatic rings. The molecule has 43 heavy (non-hydrogen) atoms. The van der Waals surface area contributed by atoms with Crippen molar-refractivity contribution < 1.29 is 24.0 Å². The quantitative estimate of drug-likeness (QED) is 0.102. The van der Waals surface area contributed by atoms with E-state index in [0.717, 1.165) is 34.6 Å². The van der Waals surface area contributed by atoms with Crippen molar-refractivity contribution in [2.45, 2.75) is 70.4 Å². The van der Waals surface area contributed by atoms with E-state index in [1.165, 1.54) is 47.4 Å². The first-order chi connectivity index (χ1) is 20.4. The molecule has 3 aromatic rings. The molecule has 1 aromatic heterocycles. The summed E-state index contributed by atoms with van der Waals surface area (Å²) in [5.41, 5.74) is 2.36. The van der Waals surface area contributed by atoms with Gasteiger partial charge in [-0.3, -0.25) is 19.7 Å². The Kier molecular flexibility index (Phi) is 10.3. The molecule has 0 spiro atoms. The molecule has 0 saturated heterocycles. The van der Waals surface area contributed by atoms with Crippen molar-refractivity contribution in [1.29, 1.82) is 0 Å². The maximum atomic E-state index is 13.5. The van der Waals surface area contributed by atoms with Crippen molar-refractivity contribution in [2.24, 2.45) is 11.3 Å². The zero-order valence-corrected chi connectivity index (χ0v) is 26.7. The van der Waals surface area contributed by atoms with E-state index in [4.69, 9.17) is 4.74 Å². The topological polar surface area (TPSA) is 128 Å². The number of nitro benzene ring substituents is 1. The van der Waals surface area contributed by atoms with Gasteiger partial charge in [-0.2, -0.15) is 0 Å². The summed E-state index contributed by atoms with van der Waals surface area (Å²) >= 11 is 2.85. The number of nitrogens with one attached hydrogen (secondary N) is 2. The predicted molar refractivity (Wildman–Crippen MR) is 171 cm³/mol. The zero-order chi connectivity index (χ0) is 31.3. The van der Waals surface area contributed by atoms with Gasteiger partial charge in [0.1, 0.15) is 5.00 Å². The Hall–Kier alpha value is -3.70. The number of nitrogens with zero attached hydrogens (tertiary/aromatic N) is 1. The predicted octanol–water partition coefficient (Wildman–Crippen LogP) is 7.75. The van der Waals surface area contributed by atoms with E-state index in [9.17, 15) is 24.5 Å². The van der Waals surface area contributed by atoms with E-state index in [1.807, 2.05) is 13.0 Å². The molecule has 0 radical (unpaired) electrons. The van der Waals surface area contributed by atoms with Crippen molar-refractivity contribution >= 4 is 57.3 Å². The highest BCUT2D eigenvalue weighted by Gasteiger charge is 2.35. The van der Waals surface area contributed by atoms with Gasteiger partial charge in [0, 0.05) is 33.2 Å². The first-order valence-electron chi connectivity index (χ1n) is 14.4. The second kappa shape index (κ2) is 13.7. The molecular formula is C32H37N3O6S2. The van der Waals surface area contributed by atoms with Gasteiger partial charge in [-0.1, -0.05) is 33.8 Å². The number of hydrogen-bond donors (Lipinski definition) is 2. The van der Waals surface area contributed by atoms with Gasteiger partial charge in [0.15, 0.2) is 0 Å². The summed E-state index contributed by atoms with van der Waals surface area (Å²) < 4.78 is 5.39. The lowest BCUT2D eigenvalue weighted by Crippen LogP contribution is -2.27. The maximum absolute atomic E-state index is 13.5. The number of esters is 1. The fourth-order valence-corrected chi connectivity index (χ4v) is 7.43. The standard InChI is InChI=1S/C32H37N3O6S2/c1-6-25(42-23-10-8-9-21(18-23)33-28(36)19-11-14-22(15-12-19)35(39)40)29(37)34-30-27(31(38)41-7-2)24-16-13-20(32(3,4)5)17-26(24)43-30/h8-12,14-15,18,20,25H,6-7,13,16-17H2,1-5H3,(H,33,36)(H,34,37). The molecule has 2 amide bonds. The van der Waals surface area contributed by atoms with E-state index in [2.05, 4.69) is 31.4 Å². The largest absolute Gasteiger partial charge is 0.462 e. The first kappa shape index (κ1) is 32.2. The van der Waals surface area contributed by atoms with Crippen LogP contribution in [0.1, 0.15) is 78.6 Å². The van der Waals surface area contributed by atoms with Gasteiger partial charge in [-0.25, -0.2) is 4.79 Å². The molecule has 228 valence electrons. The summed E-state index contributed by atoms with van der Waals surface area (Å²) in [4.78, 5) is 51.6. The van der Waals surface area contributed by atoms with E-state index < -0.39 is 22.0 Å². The fraction of sp³-hybridized carbons (Fsp3) is 0.406. The lowest BCUT2D eigenvalue weighted by atomic mass is 9.72. The molecule has 0 bridgehead atoms. The van der Waals surface area contributed by atoms with Crippen molar-refractivity contribution in [3.63, 3.8) is 0 Å². The summed E-state index contributed by atoms with van der Waals surface area (Å²) in [6, 6.07) is 12.5. The van der Waals surface area contributed by atoms with Gasteiger partial charge in [0.25, 0.3) is 11.6 Å². The Balaban J connectivity index is 1.48. The third kappa shape index (κ3) is 7.83. The number of carbonyl (C=O) groups is 3. The lowest BCUT2D eigenvalue weighted by molar-refractivity contribution is -0.384. The molecule has 4 rings (SSSR count). The number of thiophene rings is 1. The van der Waals surface area contributed by atoms with Crippen molar-refractivity contribution in [2.75, 3.05) is 17.2 Å². The fourth-order valence-electron chi connectivity index (χ4n) is 5.10. The summed E-state index contributed by atoms with van der Waals surface area (Å²) in [6.07, 6.45) is 3.18. The Morgan fingerprint density at radius 1 is 1.12 bits per heavy atom. The molecule has 2 aromatic carbocycles. The molecule has 0 saturated carbocycles. The van der Waals surface area contributed by atoms with Gasteiger partial charge < -0.3 is 15.4 Å². The summed E-state index contributed by atoms with van der Waals surface area (Å²) in [7, 11) is 0. The molecule has 11 heteroatoms. The van der Waals surface area contributed by atoms with Crippen molar-refractivity contribution in [1.82, 2.24) is 0 Å².